The molecule has 1 amide bonds. The maximum absolute atomic E-state index is 12.7. The Kier molecular flexibility index (Phi) is 5.40. The van der Waals surface area contributed by atoms with E-state index in [1.165, 1.54) is 42.8 Å². The van der Waals surface area contributed by atoms with Crippen molar-refractivity contribution in [1.82, 2.24) is 9.62 Å². The van der Waals surface area contributed by atoms with Gasteiger partial charge in [0.2, 0.25) is 15.9 Å². The average Bonchev–Trinajstić information content (AvgIpc) is 2.72. The van der Waals surface area contributed by atoms with E-state index in [2.05, 4.69) is 5.32 Å². The third-order valence-corrected chi connectivity index (χ3v) is 9.53. The van der Waals surface area contributed by atoms with Crippen LogP contribution in [-0.4, -0.2) is 50.5 Å². The lowest BCUT2D eigenvalue weighted by atomic mass is 9.53. The van der Waals surface area contributed by atoms with Gasteiger partial charge in [0, 0.05) is 25.0 Å². The summed E-state index contributed by atoms with van der Waals surface area (Å²) < 4.78 is 32.2. The maximum Gasteiger partial charge on any atom is 0.243 e. The van der Waals surface area contributed by atoms with Crippen molar-refractivity contribution in [2.75, 3.05) is 26.3 Å². The van der Waals surface area contributed by atoms with E-state index in [-0.39, 0.29) is 11.4 Å². The van der Waals surface area contributed by atoms with Gasteiger partial charge in [-0.15, -0.1) is 0 Å². The molecule has 4 aliphatic carbocycles. The van der Waals surface area contributed by atoms with Gasteiger partial charge in [-0.1, -0.05) is 12.1 Å². The molecular formula is C23H32N2O4S. The number of morpholine rings is 1. The first-order valence-corrected chi connectivity index (χ1v) is 12.8. The lowest BCUT2D eigenvalue weighted by molar-refractivity contribution is -0.126. The van der Waals surface area contributed by atoms with E-state index >= 15 is 0 Å². The first kappa shape index (κ1) is 20.5. The smallest absolute Gasteiger partial charge is 0.243 e. The topological polar surface area (TPSA) is 75.7 Å². The second-order valence-electron chi connectivity index (χ2n) is 9.91. The highest BCUT2D eigenvalue weighted by atomic mass is 32.2. The van der Waals surface area contributed by atoms with E-state index in [1.807, 2.05) is 12.1 Å². The number of sulfonamides is 1. The summed E-state index contributed by atoms with van der Waals surface area (Å²) in [4.78, 5) is 13.0. The SMILES string of the molecule is O=C(CCc1ccc(S(=O)(=O)N2CCOCC2)cc1)NC12CC3CC(CC(C3)C1)C2. The summed E-state index contributed by atoms with van der Waals surface area (Å²) in [5, 5.41) is 3.42. The largest absolute Gasteiger partial charge is 0.379 e. The quantitative estimate of drug-likeness (QED) is 0.750. The maximum atomic E-state index is 12.7. The minimum Gasteiger partial charge on any atom is -0.379 e. The third kappa shape index (κ3) is 4.04. The summed E-state index contributed by atoms with van der Waals surface area (Å²) in [6, 6.07) is 7.00. The molecule has 7 heteroatoms. The molecule has 0 spiro atoms. The van der Waals surface area contributed by atoms with Crippen molar-refractivity contribution in [1.29, 1.82) is 0 Å². The van der Waals surface area contributed by atoms with Crippen LogP contribution in [0.5, 0.6) is 0 Å². The van der Waals surface area contributed by atoms with Crippen LogP contribution in [0.3, 0.4) is 0 Å². The van der Waals surface area contributed by atoms with Crippen LogP contribution in [-0.2, 0) is 26.0 Å². The summed E-state index contributed by atoms with van der Waals surface area (Å²) >= 11 is 0. The Bertz CT molecular complexity index is 855. The zero-order valence-electron chi connectivity index (χ0n) is 17.5. The number of aryl methyl sites for hydroxylation is 1. The lowest BCUT2D eigenvalue weighted by Crippen LogP contribution is -2.59. The van der Waals surface area contributed by atoms with Crippen molar-refractivity contribution in [3.63, 3.8) is 0 Å². The molecule has 1 aliphatic heterocycles. The number of carbonyl (C=O) groups is 1. The van der Waals surface area contributed by atoms with E-state index in [0.29, 0.717) is 44.0 Å². The second-order valence-corrected chi connectivity index (χ2v) is 11.8. The molecule has 0 unspecified atom stereocenters. The standard InChI is InChI=1S/C23H32N2O4S/c26-22(24-23-14-18-11-19(15-23)13-20(12-18)16-23)6-3-17-1-4-21(5-2-17)30(27,28)25-7-9-29-10-8-25/h1-2,4-5,18-20H,3,6-16H2,(H,24,26). The van der Waals surface area contributed by atoms with E-state index in [4.69, 9.17) is 4.74 Å². The molecular weight excluding hydrogens is 400 g/mol. The molecule has 1 aromatic carbocycles. The van der Waals surface area contributed by atoms with E-state index < -0.39 is 10.0 Å². The number of hydrogen-bond donors (Lipinski definition) is 1. The van der Waals surface area contributed by atoms with Gasteiger partial charge in [-0.3, -0.25) is 4.79 Å². The number of benzene rings is 1. The zero-order valence-corrected chi connectivity index (χ0v) is 18.3. The lowest BCUT2D eigenvalue weighted by Gasteiger charge is -2.56. The van der Waals surface area contributed by atoms with Gasteiger partial charge < -0.3 is 10.1 Å². The van der Waals surface area contributed by atoms with Gasteiger partial charge in [-0.2, -0.15) is 4.31 Å². The zero-order chi connectivity index (χ0) is 20.8. The van der Waals surface area contributed by atoms with Crippen LogP contribution in [0.15, 0.2) is 29.2 Å². The fourth-order valence-electron chi connectivity index (χ4n) is 6.64. The van der Waals surface area contributed by atoms with Gasteiger partial charge in [0.1, 0.15) is 0 Å². The molecule has 5 fully saturated rings. The first-order chi connectivity index (χ1) is 14.4. The molecule has 1 N–H and O–H groups in total. The average molecular weight is 433 g/mol. The molecule has 5 aliphatic rings. The molecule has 1 aromatic rings. The summed E-state index contributed by atoms with van der Waals surface area (Å²) in [5.41, 5.74) is 1.05. The molecule has 6 nitrogen and oxygen atoms in total. The van der Waals surface area contributed by atoms with Crippen LogP contribution < -0.4 is 5.32 Å². The van der Waals surface area contributed by atoms with Gasteiger partial charge in [0.25, 0.3) is 0 Å². The van der Waals surface area contributed by atoms with Crippen molar-refractivity contribution in [2.24, 2.45) is 17.8 Å². The number of rotatable bonds is 6. The predicted molar refractivity (Wildman–Crippen MR) is 113 cm³/mol. The number of nitrogens with one attached hydrogen (secondary N) is 1. The van der Waals surface area contributed by atoms with Crippen LogP contribution in [0, 0.1) is 17.8 Å². The Morgan fingerprint density at radius 2 is 1.57 bits per heavy atom. The van der Waals surface area contributed by atoms with Gasteiger partial charge in [0.05, 0.1) is 18.1 Å². The molecule has 4 saturated carbocycles. The minimum absolute atomic E-state index is 0.0575. The fourth-order valence-corrected chi connectivity index (χ4v) is 8.05. The first-order valence-electron chi connectivity index (χ1n) is 11.4. The van der Waals surface area contributed by atoms with Crippen molar-refractivity contribution in [3.05, 3.63) is 29.8 Å². The van der Waals surface area contributed by atoms with Crippen LogP contribution in [0.1, 0.15) is 50.5 Å². The Balaban J connectivity index is 1.16. The van der Waals surface area contributed by atoms with Crippen LogP contribution in [0.25, 0.3) is 0 Å². The van der Waals surface area contributed by atoms with Gasteiger partial charge in [0.15, 0.2) is 0 Å². The number of hydrogen-bond acceptors (Lipinski definition) is 4. The Morgan fingerprint density at radius 1 is 1.00 bits per heavy atom. The predicted octanol–water partition coefficient (Wildman–Crippen LogP) is 2.73. The molecule has 1 heterocycles. The number of nitrogens with zero attached hydrogens (tertiary/aromatic N) is 1. The number of carbonyl (C=O) groups excluding carboxylic acids is 1. The summed E-state index contributed by atoms with van der Waals surface area (Å²) in [7, 11) is -3.47. The van der Waals surface area contributed by atoms with Gasteiger partial charge >= 0.3 is 0 Å². The Labute approximate surface area is 179 Å². The van der Waals surface area contributed by atoms with E-state index in [9.17, 15) is 13.2 Å². The highest BCUT2D eigenvalue weighted by Crippen LogP contribution is 2.55. The Morgan fingerprint density at radius 3 is 2.13 bits per heavy atom. The molecule has 6 rings (SSSR count). The fraction of sp³-hybridized carbons (Fsp3) is 0.696. The van der Waals surface area contributed by atoms with Gasteiger partial charge in [-0.05, 0) is 80.4 Å². The van der Waals surface area contributed by atoms with E-state index in [1.54, 1.807) is 12.1 Å². The van der Waals surface area contributed by atoms with Crippen molar-refractivity contribution in [3.8, 4) is 0 Å². The Hall–Kier alpha value is -1.44. The number of amides is 1. The minimum atomic E-state index is -3.47. The third-order valence-electron chi connectivity index (χ3n) is 7.61. The molecule has 4 bridgehead atoms. The highest BCUT2D eigenvalue weighted by molar-refractivity contribution is 7.89. The van der Waals surface area contributed by atoms with Crippen molar-refractivity contribution < 1.29 is 17.9 Å². The monoisotopic (exact) mass is 432 g/mol. The molecule has 0 radical (unpaired) electrons. The summed E-state index contributed by atoms with van der Waals surface area (Å²) in [6.45, 7) is 1.68. The number of ether oxygens (including phenoxy) is 1. The van der Waals surface area contributed by atoms with Crippen LogP contribution in [0.4, 0.5) is 0 Å². The van der Waals surface area contributed by atoms with Crippen LogP contribution in [0.2, 0.25) is 0 Å². The molecule has 164 valence electrons. The normalized spacial score (nSPS) is 33.5. The van der Waals surface area contributed by atoms with Gasteiger partial charge in [-0.25, -0.2) is 8.42 Å². The second kappa shape index (κ2) is 7.92. The van der Waals surface area contributed by atoms with Crippen molar-refractivity contribution >= 4 is 15.9 Å². The molecule has 30 heavy (non-hydrogen) atoms. The van der Waals surface area contributed by atoms with Crippen LogP contribution >= 0.6 is 0 Å². The molecule has 1 saturated heterocycles. The summed E-state index contributed by atoms with van der Waals surface area (Å²) in [5.74, 6) is 2.59. The highest BCUT2D eigenvalue weighted by Gasteiger charge is 2.51. The van der Waals surface area contributed by atoms with E-state index in [0.717, 1.165) is 23.3 Å². The van der Waals surface area contributed by atoms with Crippen molar-refractivity contribution in [2.45, 2.75) is 61.8 Å². The summed E-state index contributed by atoms with van der Waals surface area (Å²) in [6.07, 6.45) is 8.70. The molecule has 0 atom stereocenters. The molecule has 0 aromatic heterocycles.